The number of anilines is 6. The zero-order chi connectivity index (χ0) is 42.8. The average molecular weight is 829 g/mol. The highest BCUT2D eigenvalue weighted by molar-refractivity contribution is 6.28. The molecule has 0 aromatic heterocycles. The van der Waals surface area contributed by atoms with E-state index >= 15 is 0 Å². The molecule has 1 heterocycles. The number of nitrogens with zero attached hydrogens (tertiary/aromatic N) is 2. The quantitative estimate of drug-likeness (QED) is 0.142. The van der Waals surface area contributed by atoms with Crippen LogP contribution in [0.25, 0.3) is 76.1 Å². The highest BCUT2D eigenvalue weighted by atomic mass is 16.5. The number of hydrogen-bond acceptors (Lipinski definition) is 3. The van der Waals surface area contributed by atoms with Gasteiger partial charge < -0.3 is 14.5 Å². The monoisotopic (exact) mass is 828 g/mol. The number of hydrogen-bond donors (Lipinski definition) is 0. The minimum absolute atomic E-state index is 0.846. The molecule has 13 rings (SSSR count). The predicted octanol–water partition coefficient (Wildman–Crippen LogP) is 17.8. The molecular weight excluding hydrogens is 789 g/mol. The molecule has 0 radical (unpaired) electrons. The van der Waals surface area contributed by atoms with Crippen molar-refractivity contribution in [3.05, 3.63) is 243 Å². The van der Waals surface area contributed by atoms with E-state index < -0.39 is 0 Å². The third-order valence-electron chi connectivity index (χ3n) is 13.1. The summed E-state index contributed by atoms with van der Waals surface area (Å²) in [5.74, 6) is 1.70. The molecule has 0 aliphatic carbocycles. The third kappa shape index (κ3) is 6.05. The number of benzene rings is 12. The molecule has 0 saturated heterocycles. The van der Waals surface area contributed by atoms with E-state index in [1.807, 2.05) is 0 Å². The largest absolute Gasteiger partial charge is 0.456 e. The fourth-order valence-corrected chi connectivity index (χ4v) is 10.2. The lowest BCUT2D eigenvalue weighted by Crippen LogP contribution is -2.13. The number of fused-ring (bicyclic) bond motifs is 2. The van der Waals surface area contributed by atoms with Crippen LogP contribution in [0.1, 0.15) is 0 Å². The Morgan fingerprint density at radius 3 is 1.52 bits per heavy atom. The van der Waals surface area contributed by atoms with E-state index in [4.69, 9.17) is 4.74 Å². The molecule has 0 bridgehead atoms. The molecule has 304 valence electrons. The summed E-state index contributed by atoms with van der Waals surface area (Å²) in [5.41, 5.74) is 11.1. The molecule has 3 nitrogen and oxygen atoms in total. The summed E-state index contributed by atoms with van der Waals surface area (Å²) in [4.78, 5) is 4.86. The highest BCUT2D eigenvalue weighted by Gasteiger charge is 2.28. The standard InChI is InChI=1S/C62H40N2O/c1-3-18-42(19-4-1)50-26-11-13-29-54(50)63(48-36-35-41-17-7-8-23-45(41)37-48)57-39-47-34-33-46-38-49(40-59-60(46)61(47)62-53(57)28-16-32-58(62)65-59)64(56-31-15-24-44-22-9-10-25-52(44)56)55-30-14-12-27-51(55)43-20-5-2-6-21-43/h1-40H. The Kier molecular flexibility index (Phi) is 8.53. The molecule has 0 amide bonds. The minimum Gasteiger partial charge on any atom is -0.456 e. The van der Waals surface area contributed by atoms with Crippen LogP contribution in [0.15, 0.2) is 243 Å². The smallest absolute Gasteiger partial charge is 0.138 e. The third-order valence-corrected chi connectivity index (χ3v) is 13.1. The SMILES string of the molecule is c1ccc(-c2ccccc2N(c2cc3c4c(ccc5cc(N(c6ccc7ccccc7c6)c6ccccc6-c6ccccc6)c6cccc(c6c54)O3)c2)c2cccc3ccccc23)cc1. The average Bonchev–Trinajstić information content (AvgIpc) is 3.37. The van der Waals surface area contributed by atoms with Gasteiger partial charge in [0.25, 0.3) is 0 Å². The zero-order valence-corrected chi connectivity index (χ0v) is 35.4. The molecule has 1 aliphatic rings. The molecule has 0 unspecified atom stereocenters. The maximum Gasteiger partial charge on any atom is 0.138 e. The first-order valence-corrected chi connectivity index (χ1v) is 22.2. The molecule has 0 fully saturated rings. The van der Waals surface area contributed by atoms with Crippen LogP contribution in [0, 0.1) is 0 Å². The maximum atomic E-state index is 7.20. The fourth-order valence-electron chi connectivity index (χ4n) is 10.2. The van der Waals surface area contributed by atoms with Crippen molar-refractivity contribution in [1.29, 1.82) is 0 Å². The van der Waals surface area contributed by atoms with Gasteiger partial charge in [-0.2, -0.15) is 0 Å². The second kappa shape index (κ2) is 15.0. The first-order valence-electron chi connectivity index (χ1n) is 22.2. The van der Waals surface area contributed by atoms with Crippen LogP contribution in [0.4, 0.5) is 34.1 Å². The van der Waals surface area contributed by atoms with Crippen molar-refractivity contribution in [3.63, 3.8) is 0 Å². The molecule has 12 aromatic carbocycles. The van der Waals surface area contributed by atoms with Gasteiger partial charge in [-0.25, -0.2) is 0 Å². The second-order valence-corrected chi connectivity index (χ2v) is 16.8. The van der Waals surface area contributed by atoms with E-state index in [9.17, 15) is 0 Å². The van der Waals surface area contributed by atoms with Crippen molar-refractivity contribution in [2.75, 3.05) is 9.80 Å². The summed E-state index contributed by atoms with van der Waals surface area (Å²) in [6.45, 7) is 0. The molecule has 0 N–H and O–H groups in total. The van der Waals surface area contributed by atoms with Gasteiger partial charge >= 0.3 is 0 Å². The van der Waals surface area contributed by atoms with Gasteiger partial charge in [0.2, 0.25) is 0 Å². The first kappa shape index (κ1) is 36.9. The van der Waals surface area contributed by atoms with Gasteiger partial charge in [0.15, 0.2) is 0 Å². The van der Waals surface area contributed by atoms with E-state index in [1.165, 1.54) is 32.5 Å². The molecule has 3 heteroatoms. The van der Waals surface area contributed by atoms with Gasteiger partial charge in [-0.05, 0) is 86.6 Å². The summed E-state index contributed by atoms with van der Waals surface area (Å²) in [6.07, 6.45) is 0. The molecular formula is C62H40N2O. The summed E-state index contributed by atoms with van der Waals surface area (Å²) in [5, 5.41) is 11.6. The molecule has 0 spiro atoms. The van der Waals surface area contributed by atoms with Crippen LogP contribution >= 0.6 is 0 Å². The summed E-state index contributed by atoms with van der Waals surface area (Å²) < 4.78 is 7.20. The number of para-hydroxylation sites is 2. The first-order chi connectivity index (χ1) is 32.2. The van der Waals surface area contributed by atoms with Crippen molar-refractivity contribution in [3.8, 4) is 33.8 Å². The zero-order valence-electron chi connectivity index (χ0n) is 35.4. The fraction of sp³-hybridized carbons (Fsp3) is 0. The van der Waals surface area contributed by atoms with E-state index in [0.717, 1.165) is 89.2 Å². The van der Waals surface area contributed by atoms with Crippen molar-refractivity contribution in [2.24, 2.45) is 0 Å². The predicted molar refractivity (Wildman–Crippen MR) is 274 cm³/mol. The lowest BCUT2D eigenvalue weighted by atomic mass is 9.91. The molecule has 12 aromatic rings. The second-order valence-electron chi connectivity index (χ2n) is 16.8. The molecule has 65 heavy (non-hydrogen) atoms. The van der Waals surface area contributed by atoms with Crippen LogP contribution in [0.2, 0.25) is 0 Å². The van der Waals surface area contributed by atoms with E-state index in [2.05, 4.69) is 252 Å². The Balaban J connectivity index is 1.06. The lowest BCUT2D eigenvalue weighted by molar-refractivity contribution is 0.493. The Hall–Kier alpha value is -8.66. The number of rotatable bonds is 8. The summed E-state index contributed by atoms with van der Waals surface area (Å²) in [6, 6.07) is 87.6. The van der Waals surface area contributed by atoms with Crippen LogP contribution in [0.3, 0.4) is 0 Å². The van der Waals surface area contributed by atoms with Gasteiger partial charge in [-0.15, -0.1) is 0 Å². The molecule has 1 aliphatic heterocycles. The Labute approximate surface area is 377 Å². The van der Waals surface area contributed by atoms with Crippen molar-refractivity contribution in [1.82, 2.24) is 0 Å². The Bertz CT molecular complexity index is 3820. The molecule has 0 saturated carbocycles. The van der Waals surface area contributed by atoms with Crippen molar-refractivity contribution >= 4 is 88.0 Å². The summed E-state index contributed by atoms with van der Waals surface area (Å²) >= 11 is 0. The number of ether oxygens (including phenoxy) is 1. The normalized spacial score (nSPS) is 11.8. The van der Waals surface area contributed by atoms with Gasteiger partial charge in [-0.1, -0.05) is 188 Å². The van der Waals surface area contributed by atoms with E-state index in [0.29, 0.717) is 0 Å². The lowest BCUT2D eigenvalue weighted by Gasteiger charge is -2.32. The molecule has 0 atom stereocenters. The van der Waals surface area contributed by atoms with Gasteiger partial charge in [-0.3, -0.25) is 0 Å². The van der Waals surface area contributed by atoms with Crippen LogP contribution in [0.5, 0.6) is 11.5 Å². The van der Waals surface area contributed by atoms with E-state index in [1.54, 1.807) is 0 Å². The Morgan fingerprint density at radius 2 is 0.785 bits per heavy atom. The van der Waals surface area contributed by atoms with Crippen LogP contribution < -0.4 is 14.5 Å². The van der Waals surface area contributed by atoms with Gasteiger partial charge in [0.05, 0.1) is 28.4 Å². The van der Waals surface area contributed by atoms with Crippen LogP contribution in [-0.4, -0.2) is 0 Å². The highest BCUT2D eigenvalue weighted by Crippen LogP contribution is 2.54. The maximum absolute atomic E-state index is 7.20. The van der Waals surface area contributed by atoms with Crippen LogP contribution in [-0.2, 0) is 0 Å². The minimum atomic E-state index is 0.846. The van der Waals surface area contributed by atoms with E-state index in [-0.39, 0.29) is 0 Å². The van der Waals surface area contributed by atoms with Gasteiger partial charge in [0.1, 0.15) is 11.5 Å². The Morgan fingerprint density at radius 1 is 0.262 bits per heavy atom. The van der Waals surface area contributed by atoms with Crippen molar-refractivity contribution in [2.45, 2.75) is 0 Å². The van der Waals surface area contributed by atoms with Crippen molar-refractivity contribution < 1.29 is 4.74 Å². The topological polar surface area (TPSA) is 15.7 Å². The summed E-state index contributed by atoms with van der Waals surface area (Å²) in [7, 11) is 0. The van der Waals surface area contributed by atoms with Gasteiger partial charge in [0, 0.05) is 49.8 Å².